The molecule has 1 aromatic rings. The lowest BCUT2D eigenvalue weighted by atomic mass is 10.2. The third-order valence-electron chi connectivity index (χ3n) is 1.62. The molecule has 1 N–H and O–H groups in total. The van der Waals surface area contributed by atoms with E-state index in [0.29, 0.717) is 0 Å². The van der Waals surface area contributed by atoms with Crippen LogP contribution in [0.15, 0.2) is 36.4 Å². The first-order chi connectivity index (χ1) is 5.93. The Balaban J connectivity index is 0.00000144. The van der Waals surface area contributed by atoms with E-state index in [0.717, 1.165) is 13.1 Å². The van der Waals surface area contributed by atoms with Crippen molar-refractivity contribution in [3.63, 3.8) is 0 Å². The first-order valence-electron chi connectivity index (χ1n) is 4.36. The third kappa shape index (κ3) is 5.45. The molecule has 0 saturated carbocycles. The van der Waals surface area contributed by atoms with Crippen molar-refractivity contribution < 1.29 is 0 Å². The molecule has 0 amide bonds. The van der Waals surface area contributed by atoms with Gasteiger partial charge < -0.3 is 5.32 Å². The van der Waals surface area contributed by atoms with Crippen LogP contribution in [0.2, 0.25) is 0 Å². The summed E-state index contributed by atoms with van der Waals surface area (Å²) >= 11 is 0. The monoisotopic (exact) mass is 197 g/mol. The van der Waals surface area contributed by atoms with Gasteiger partial charge in [-0.3, -0.25) is 0 Å². The third-order valence-corrected chi connectivity index (χ3v) is 1.62. The fourth-order valence-electron chi connectivity index (χ4n) is 0.987. The van der Waals surface area contributed by atoms with Crippen molar-refractivity contribution in [2.45, 2.75) is 6.92 Å². The molecule has 72 valence electrons. The van der Waals surface area contributed by atoms with Gasteiger partial charge in [-0.25, -0.2) is 0 Å². The number of hydrogen-bond donors (Lipinski definition) is 1. The molecule has 0 heterocycles. The fourth-order valence-corrected chi connectivity index (χ4v) is 0.987. The second-order valence-electron chi connectivity index (χ2n) is 2.62. The number of halogens is 1. The summed E-state index contributed by atoms with van der Waals surface area (Å²) < 4.78 is 0. The van der Waals surface area contributed by atoms with E-state index >= 15 is 0 Å². The van der Waals surface area contributed by atoms with Gasteiger partial charge in [-0.2, -0.15) is 0 Å². The molecule has 0 bridgehead atoms. The standard InChI is InChI=1S/C11H15N.ClH/c1-2-12-10-6-9-11-7-4-3-5-8-11;/h3-9,12H,2,10H2,1H3;1H. The van der Waals surface area contributed by atoms with Gasteiger partial charge in [-0.1, -0.05) is 49.4 Å². The Bertz CT molecular complexity index is 231. The maximum absolute atomic E-state index is 3.23. The van der Waals surface area contributed by atoms with Crippen molar-refractivity contribution in [2.75, 3.05) is 13.1 Å². The lowest BCUT2D eigenvalue weighted by Gasteiger charge is -1.93. The van der Waals surface area contributed by atoms with Gasteiger partial charge in [0, 0.05) is 6.54 Å². The van der Waals surface area contributed by atoms with E-state index in [9.17, 15) is 0 Å². The maximum Gasteiger partial charge on any atom is 0.0138 e. The predicted molar refractivity (Wildman–Crippen MR) is 61.3 cm³/mol. The summed E-state index contributed by atoms with van der Waals surface area (Å²) in [5, 5.41) is 3.23. The summed E-state index contributed by atoms with van der Waals surface area (Å²) in [6.45, 7) is 4.08. The van der Waals surface area contributed by atoms with Gasteiger partial charge in [0.05, 0.1) is 0 Å². The summed E-state index contributed by atoms with van der Waals surface area (Å²) in [5.41, 5.74) is 1.26. The average molecular weight is 198 g/mol. The summed E-state index contributed by atoms with van der Waals surface area (Å²) in [5.74, 6) is 0. The molecule has 0 radical (unpaired) electrons. The molecular formula is C11H16ClN. The van der Waals surface area contributed by atoms with Gasteiger partial charge >= 0.3 is 0 Å². The molecule has 0 aliphatic carbocycles. The molecule has 1 nitrogen and oxygen atoms in total. The van der Waals surface area contributed by atoms with Crippen LogP contribution in [0.4, 0.5) is 0 Å². The van der Waals surface area contributed by atoms with Crippen LogP contribution in [0, 0.1) is 0 Å². The minimum atomic E-state index is 0. The Morgan fingerprint density at radius 3 is 2.54 bits per heavy atom. The number of nitrogens with one attached hydrogen (secondary N) is 1. The Hall–Kier alpha value is -0.790. The van der Waals surface area contributed by atoms with Crippen molar-refractivity contribution >= 4 is 18.5 Å². The van der Waals surface area contributed by atoms with Gasteiger partial charge in [0.1, 0.15) is 0 Å². The quantitative estimate of drug-likeness (QED) is 0.732. The van der Waals surface area contributed by atoms with Crippen LogP contribution in [-0.2, 0) is 0 Å². The highest BCUT2D eigenvalue weighted by Gasteiger charge is 1.80. The van der Waals surface area contributed by atoms with Crippen molar-refractivity contribution in [3.05, 3.63) is 42.0 Å². The summed E-state index contributed by atoms with van der Waals surface area (Å²) in [7, 11) is 0. The zero-order valence-corrected chi connectivity index (χ0v) is 8.68. The van der Waals surface area contributed by atoms with Gasteiger partial charge in [-0.15, -0.1) is 12.4 Å². The fraction of sp³-hybridized carbons (Fsp3) is 0.273. The Morgan fingerprint density at radius 2 is 1.92 bits per heavy atom. The molecule has 0 aliphatic rings. The van der Waals surface area contributed by atoms with Crippen LogP contribution in [0.1, 0.15) is 12.5 Å². The van der Waals surface area contributed by atoms with Gasteiger partial charge in [0.2, 0.25) is 0 Å². The highest BCUT2D eigenvalue weighted by molar-refractivity contribution is 5.85. The van der Waals surface area contributed by atoms with Crippen LogP contribution in [0.3, 0.4) is 0 Å². The van der Waals surface area contributed by atoms with Crippen LogP contribution in [0.25, 0.3) is 6.08 Å². The van der Waals surface area contributed by atoms with Gasteiger partial charge in [-0.05, 0) is 12.1 Å². The average Bonchev–Trinajstić information content (AvgIpc) is 2.14. The Morgan fingerprint density at radius 1 is 1.23 bits per heavy atom. The molecule has 0 saturated heterocycles. The highest BCUT2D eigenvalue weighted by atomic mass is 35.5. The van der Waals surface area contributed by atoms with Gasteiger partial charge in [0.25, 0.3) is 0 Å². The molecule has 0 unspecified atom stereocenters. The smallest absolute Gasteiger partial charge is 0.0138 e. The molecule has 13 heavy (non-hydrogen) atoms. The second kappa shape index (κ2) is 7.84. The van der Waals surface area contributed by atoms with Crippen molar-refractivity contribution in [2.24, 2.45) is 0 Å². The topological polar surface area (TPSA) is 12.0 Å². The first-order valence-corrected chi connectivity index (χ1v) is 4.36. The molecule has 0 fully saturated rings. The Labute approximate surface area is 86.3 Å². The first kappa shape index (κ1) is 12.2. The van der Waals surface area contributed by atoms with Crippen LogP contribution < -0.4 is 5.32 Å². The van der Waals surface area contributed by atoms with E-state index in [2.05, 4.69) is 36.5 Å². The van der Waals surface area contributed by atoms with Crippen LogP contribution in [0.5, 0.6) is 0 Å². The minimum Gasteiger partial charge on any atom is -0.314 e. The molecule has 0 aromatic heterocycles. The summed E-state index contributed by atoms with van der Waals surface area (Å²) in [4.78, 5) is 0. The van der Waals surface area contributed by atoms with Crippen molar-refractivity contribution in [1.29, 1.82) is 0 Å². The highest BCUT2D eigenvalue weighted by Crippen LogP contribution is 1.99. The second-order valence-corrected chi connectivity index (χ2v) is 2.62. The maximum atomic E-state index is 3.23. The van der Waals surface area contributed by atoms with E-state index in [1.54, 1.807) is 0 Å². The summed E-state index contributed by atoms with van der Waals surface area (Å²) in [6, 6.07) is 10.3. The van der Waals surface area contributed by atoms with E-state index in [1.807, 2.05) is 18.2 Å². The van der Waals surface area contributed by atoms with E-state index in [1.165, 1.54) is 5.56 Å². The molecule has 0 atom stereocenters. The Kier molecular flexibility index (Phi) is 7.36. The normalized spacial score (nSPS) is 9.92. The molecule has 1 rings (SSSR count). The SMILES string of the molecule is CCNCC=Cc1ccccc1.Cl. The largest absolute Gasteiger partial charge is 0.314 e. The molecule has 0 aliphatic heterocycles. The number of benzene rings is 1. The van der Waals surface area contributed by atoms with Crippen molar-refractivity contribution in [3.8, 4) is 0 Å². The molecule has 2 heteroatoms. The summed E-state index contributed by atoms with van der Waals surface area (Å²) in [6.07, 6.45) is 4.27. The zero-order chi connectivity index (χ0) is 8.65. The van der Waals surface area contributed by atoms with Gasteiger partial charge in [0.15, 0.2) is 0 Å². The van der Waals surface area contributed by atoms with Crippen LogP contribution >= 0.6 is 12.4 Å². The van der Waals surface area contributed by atoms with E-state index < -0.39 is 0 Å². The molecular weight excluding hydrogens is 182 g/mol. The number of hydrogen-bond acceptors (Lipinski definition) is 1. The van der Waals surface area contributed by atoms with Crippen molar-refractivity contribution in [1.82, 2.24) is 5.32 Å². The molecule has 1 aromatic carbocycles. The minimum absolute atomic E-state index is 0. The molecule has 0 spiro atoms. The van der Waals surface area contributed by atoms with E-state index in [4.69, 9.17) is 0 Å². The predicted octanol–water partition coefficient (Wildman–Crippen LogP) is 2.73. The lowest BCUT2D eigenvalue weighted by Crippen LogP contribution is -2.11. The zero-order valence-electron chi connectivity index (χ0n) is 7.86. The van der Waals surface area contributed by atoms with E-state index in [-0.39, 0.29) is 12.4 Å². The number of likely N-dealkylation sites (N-methyl/N-ethyl adjacent to an activating group) is 1. The number of rotatable bonds is 4. The lowest BCUT2D eigenvalue weighted by molar-refractivity contribution is 0.801. The van der Waals surface area contributed by atoms with Crippen LogP contribution in [-0.4, -0.2) is 13.1 Å².